The summed E-state index contributed by atoms with van der Waals surface area (Å²) in [5.41, 5.74) is 9.83. The third kappa shape index (κ3) is 12.5. The Morgan fingerprint density at radius 1 is 1.13 bits per heavy atom. The summed E-state index contributed by atoms with van der Waals surface area (Å²) < 4.78 is 0. The predicted octanol–water partition coefficient (Wildman–Crippen LogP) is -1.20. The number of carbonyl (C=O) groups excluding carboxylic acids is 1. The van der Waals surface area contributed by atoms with Crippen LogP contribution in [0.4, 0.5) is 0 Å². The van der Waals surface area contributed by atoms with E-state index < -0.39 is 24.0 Å². The Balaban J connectivity index is 0. The molecule has 0 aliphatic heterocycles. The van der Waals surface area contributed by atoms with Crippen LogP contribution >= 0.6 is 0 Å². The van der Waals surface area contributed by atoms with Crippen LogP contribution < -0.4 is 11.5 Å². The number of Topliss-reactive ketones (excluding diaryl/α,β-unsaturated/α-hetero) is 1. The van der Waals surface area contributed by atoms with Gasteiger partial charge < -0.3 is 21.7 Å². The van der Waals surface area contributed by atoms with Gasteiger partial charge in [0.25, 0.3) is 0 Å². The van der Waals surface area contributed by atoms with E-state index in [1.54, 1.807) is 0 Å². The second kappa shape index (κ2) is 7.89. The van der Waals surface area contributed by atoms with Crippen LogP contribution in [-0.4, -0.2) is 40.0 Å². The van der Waals surface area contributed by atoms with Crippen molar-refractivity contribution in [2.75, 3.05) is 0 Å². The highest BCUT2D eigenvalue weighted by Gasteiger charge is 2.12. The van der Waals surface area contributed by atoms with E-state index in [-0.39, 0.29) is 12.2 Å². The van der Waals surface area contributed by atoms with Gasteiger partial charge in [0, 0.05) is 6.42 Å². The van der Waals surface area contributed by atoms with Crippen LogP contribution in [0.25, 0.3) is 0 Å². The molecule has 0 aromatic heterocycles. The first kappa shape index (κ1) is 16.0. The zero-order chi connectivity index (χ0) is 12.6. The van der Waals surface area contributed by atoms with E-state index in [4.69, 9.17) is 21.7 Å². The molecule has 0 aromatic rings. The van der Waals surface area contributed by atoms with Gasteiger partial charge in [0.15, 0.2) is 0 Å². The van der Waals surface area contributed by atoms with Crippen molar-refractivity contribution in [2.45, 2.75) is 32.4 Å². The number of carboxylic acid groups (broad SMARTS) is 2. The summed E-state index contributed by atoms with van der Waals surface area (Å²) >= 11 is 0. The fourth-order valence-corrected chi connectivity index (χ4v) is 0.397. The van der Waals surface area contributed by atoms with Gasteiger partial charge >= 0.3 is 11.9 Å². The summed E-state index contributed by atoms with van der Waals surface area (Å²) in [6, 6.07) is -1.77. The Hall–Kier alpha value is -1.47. The van der Waals surface area contributed by atoms with Crippen molar-refractivity contribution >= 4 is 17.7 Å². The van der Waals surface area contributed by atoms with Gasteiger partial charge in [-0.25, -0.2) is 0 Å². The Bertz CT molecular complexity index is 239. The van der Waals surface area contributed by atoms with Gasteiger partial charge in [0.2, 0.25) is 0 Å². The number of hydrogen-bond donors (Lipinski definition) is 4. The normalized spacial score (nSPS) is 13.1. The fourth-order valence-electron chi connectivity index (χ4n) is 0.397. The van der Waals surface area contributed by atoms with E-state index in [2.05, 4.69) is 0 Å². The van der Waals surface area contributed by atoms with Gasteiger partial charge in [0.05, 0.1) is 0 Å². The largest absolute Gasteiger partial charge is 0.480 e. The first-order valence-electron chi connectivity index (χ1n) is 4.14. The Labute approximate surface area is 87.1 Å². The maximum Gasteiger partial charge on any atom is 0.320 e. The van der Waals surface area contributed by atoms with E-state index in [0.717, 1.165) is 0 Å². The highest BCUT2D eigenvalue weighted by Crippen LogP contribution is 1.87. The monoisotopic (exact) mass is 220 g/mol. The lowest BCUT2D eigenvalue weighted by Gasteiger charge is -2.00. The summed E-state index contributed by atoms with van der Waals surface area (Å²) in [5.74, 6) is -2.30. The van der Waals surface area contributed by atoms with E-state index >= 15 is 0 Å². The molecule has 88 valence electrons. The molecule has 1 unspecified atom stereocenters. The number of carbonyl (C=O) groups is 3. The minimum atomic E-state index is -1.13. The number of ketones is 1. The second-order valence-electron chi connectivity index (χ2n) is 2.98. The third-order valence-electron chi connectivity index (χ3n) is 1.21. The highest BCUT2D eigenvalue weighted by molar-refractivity contribution is 5.83. The molecule has 0 amide bonds. The SMILES string of the molecule is CC(=O)CC(N)C(=O)O.C[C@@H](N)C(=O)O. The number of aliphatic carboxylic acids is 2. The molecular weight excluding hydrogens is 204 g/mol. The van der Waals surface area contributed by atoms with Crippen LogP contribution in [0.3, 0.4) is 0 Å². The van der Waals surface area contributed by atoms with Crippen molar-refractivity contribution in [2.24, 2.45) is 11.5 Å². The maximum absolute atomic E-state index is 10.2. The fraction of sp³-hybridized carbons (Fsp3) is 0.625. The smallest absolute Gasteiger partial charge is 0.320 e. The molecule has 0 spiro atoms. The molecule has 0 rings (SSSR count). The van der Waals surface area contributed by atoms with Crippen LogP contribution in [-0.2, 0) is 14.4 Å². The van der Waals surface area contributed by atoms with Crippen LogP contribution in [0.2, 0.25) is 0 Å². The minimum absolute atomic E-state index is 0.0880. The Kier molecular flexibility index (Phi) is 8.40. The molecule has 15 heavy (non-hydrogen) atoms. The lowest BCUT2D eigenvalue weighted by Crippen LogP contribution is -2.31. The number of nitrogens with two attached hydrogens (primary N) is 2. The molecule has 0 fully saturated rings. The molecule has 0 heterocycles. The zero-order valence-corrected chi connectivity index (χ0v) is 8.64. The average Bonchev–Trinajstić information content (AvgIpc) is 2.03. The first-order valence-corrected chi connectivity index (χ1v) is 4.14. The van der Waals surface area contributed by atoms with Gasteiger partial charge in [-0.1, -0.05) is 0 Å². The molecule has 0 aromatic carbocycles. The highest BCUT2D eigenvalue weighted by atomic mass is 16.4. The van der Waals surface area contributed by atoms with E-state index in [1.165, 1.54) is 13.8 Å². The van der Waals surface area contributed by atoms with Gasteiger partial charge in [-0.2, -0.15) is 0 Å². The average molecular weight is 220 g/mol. The summed E-state index contributed by atoms with van der Waals surface area (Å²) in [6.07, 6.45) is -0.0880. The first-order chi connectivity index (χ1) is 6.68. The lowest BCUT2D eigenvalue weighted by atomic mass is 10.2. The number of carboxylic acids is 2. The summed E-state index contributed by atoms with van der Waals surface area (Å²) in [7, 11) is 0. The van der Waals surface area contributed by atoms with Crippen molar-refractivity contribution in [3.05, 3.63) is 0 Å². The topological polar surface area (TPSA) is 144 Å². The zero-order valence-electron chi connectivity index (χ0n) is 8.64. The van der Waals surface area contributed by atoms with Crippen molar-refractivity contribution in [3.8, 4) is 0 Å². The van der Waals surface area contributed by atoms with Crippen LogP contribution in [0.15, 0.2) is 0 Å². The lowest BCUT2D eigenvalue weighted by molar-refractivity contribution is -0.140. The summed E-state index contributed by atoms with van der Waals surface area (Å²) in [5, 5.41) is 16.0. The van der Waals surface area contributed by atoms with E-state index in [1.807, 2.05) is 0 Å². The standard InChI is InChI=1S/C5H9NO3.C3H7NO2/c1-3(7)2-4(6)5(8)9;1-2(4)3(5)6/h4H,2,6H2,1H3,(H,8,9);2H,4H2,1H3,(H,5,6)/t;2-/m.1/s1. The quantitative estimate of drug-likeness (QED) is 0.465. The summed E-state index contributed by atoms with van der Waals surface area (Å²) in [6.45, 7) is 2.73. The molecule has 0 aliphatic rings. The molecule has 2 atom stereocenters. The molecular formula is C8H16N2O5. The van der Waals surface area contributed by atoms with Crippen molar-refractivity contribution < 1.29 is 24.6 Å². The maximum atomic E-state index is 10.2. The molecule has 0 saturated heterocycles. The molecule has 0 saturated carbocycles. The van der Waals surface area contributed by atoms with E-state index in [9.17, 15) is 14.4 Å². The van der Waals surface area contributed by atoms with Crippen LogP contribution in [0, 0.1) is 0 Å². The van der Waals surface area contributed by atoms with Gasteiger partial charge in [-0.15, -0.1) is 0 Å². The third-order valence-corrected chi connectivity index (χ3v) is 1.21. The van der Waals surface area contributed by atoms with Crippen molar-refractivity contribution in [1.82, 2.24) is 0 Å². The van der Waals surface area contributed by atoms with Gasteiger partial charge in [-0.05, 0) is 13.8 Å². The van der Waals surface area contributed by atoms with Gasteiger partial charge in [-0.3, -0.25) is 14.4 Å². The Morgan fingerprint density at radius 3 is 1.53 bits per heavy atom. The Morgan fingerprint density at radius 2 is 1.47 bits per heavy atom. The number of hydrogen-bond acceptors (Lipinski definition) is 5. The molecule has 0 bridgehead atoms. The molecule has 0 radical (unpaired) electrons. The van der Waals surface area contributed by atoms with Crippen molar-refractivity contribution in [1.29, 1.82) is 0 Å². The van der Waals surface area contributed by atoms with Crippen LogP contribution in [0.1, 0.15) is 20.3 Å². The van der Waals surface area contributed by atoms with Gasteiger partial charge in [0.1, 0.15) is 17.9 Å². The molecule has 7 nitrogen and oxygen atoms in total. The van der Waals surface area contributed by atoms with Crippen LogP contribution in [0.5, 0.6) is 0 Å². The second-order valence-corrected chi connectivity index (χ2v) is 2.98. The predicted molar refractivity (Wildman–Crippen MR) is 52.2 cm³/mol. The molecule has 7 heteroatoms. The van der Waals surface area contributed by atoms with E-state index in [0.29, 0.717) is 0 Å². The summed E-state index contributed by atoms with van der Waals surface area (Å²) in [4.78, 5) is 29.7. The minimum Gasteiger partial charge on any atom is -0.480 e. The molecule has 0 aliphatic carbocycles. The van der Waals surface area contributed by atoms with Crippen molar-refractivity contribution in [3.63, 3.8) is 0 Å². The number of rotatable bonds is 4. The molecule has 6 N–H and O–H groups in total.